The van der Waals surface area contributed by atoms with Crippen LogP contribution in [0.1, 0.15) is 71.7 Å². The second-order valence-corrected chi connectivity index (χ2v) is 16.3. The molecule has 0 fully saturated rings. The molecule has 18 heteroatoms. The first-order chi connectivity index (χ1) is 34.3. The number of nitrogens with one attached hydrogen (secondary N) is 1. The summed E-state index contributed by atoms with van der Waals surface area (Å²) in [6.07, 6.45) is 6.42. The van der Waals surface area contributed by atoms with Crippen molar-refractivity contribution in [3.63, 3.8) is 0 Å². The minimum Gasteiger partial charge on any atom is -0.494 e. The summed E-state index contributed by atoms with van der Waals surface area (Å²) >= 11 is 1.40. The van der Waals surface area contributed by atoms with E-state index in [-0.39, 0.29) is 41.4 Å². The Kier molecular flexibility index (Phi) is 21.3. The van der Waals surface area contributed by atoms with Crippen molar-refractivity contribution in [2.24, 2.45) is 5.10 Å². The molecule has 0 aliphatic heterocycles. The molecule has 5 rings (SSSR count). The van der Waals surface area contributed by atoms with Crippen molar-refractivity contribution in [3.05, 3.63) is 158 Å². The number of para-hydroxylation sites is 1. The van der Waals surface area contributed by atoms with Gasteiger partial charge in [0.15, 0.2) is 0 Å². The molecule has 0 spiro atoms. The number of hydrogen-bond acceptors (Lipinski definition) is 18. The lowest BCUT2D eigenvalue weighted by atomic mass is 10.1. The average molecular weight is 988 g/mol. The van der Waals surface area contributed by atoms with Gasteiger partial charge in [-0.2, -0.15) is 5.10 Å². The molecule has 71 heavy (non-hydrogen) atoms. The molecule has 0 aliphatic carbocycles. The second-order valence-electron chi connectivity index (χ2n) is 15.3. The number of hydrazone groups is 1. The van der Waals surface area contributed by atoms with Crippen LogP contribution >= 0.6 is 11.3 Å². The topological polar surface area (TPSA) is 214 Å². The van der Waals surface area contributed by atoms with Gasteiger partial charge in [-0.1, -0.05) is 49.8 Å². The van der Waals surface area contributed by atoms with E-state index in [0.717, 1.165) is 28.4 Å². The summed E-state index contributed by atoms with van der Waals surface area (Å²) in [6, 6.07) is 24.9. The lowest BCUT2D eigenvalue weighted by Gasteiger charge is -2.17. The van der Waals surface area contributed by atoms with Gasteiger partial charge in [-0.05, 0) is 124 Å². The normalized spacial score (nSPS) is 11.6. The molecular formula is C53H53N3O14S. The van der Waals surface area contributed by atoms with Gasteiger partial charge in [-0.3, -0.25) is 5.43 Å². The maximum absolute atomic E-state index is 13.4. The van der Waals surface area contributed by atoms with Gasteiger partial charge < -0.3 is 37.9 Å². The molecule has 1 N–H and O–H groups in total. The molecule has 5 aromatic rings. The third-order valence-corrected chi connectivity index (χ3v) is 10.8. The molecule has 0 saturated heterocycles. The molecule has 0 radical (unpaired) electrons. The van der Waals surface area contributed by atoms with Gasteiger partial charge in [0.05, 0.1) is 40.8 Å². The minimum absolute atomic E-state index is 0.113. The van der Waals surface area contributed by atoms with E-state index in [9.17, 15) is 28.8 Å². The summed E-state index contributed by atoms with van der Waals surface area (Å²) in [5, 5.41) is 4.86. The Morgan fingerprint density at radius 1 is 0.662 bits per heavy atom. The van der Waals surface area contributed by atoms with Crippen molar-refractivity contribution < 1.29 is 66.7 Å². The zero-order valence-corrected chi connectivity index (χ0v) is 39.9. The number of ether oxygens (including phenoxy) is 8. The third-order valence-electron chi connectivity index (χ3n) is 9.84. The molecule has 17 nitrogen and oxygen atoms in total. The van der Waals surface area contributed by atoms with Crippen LogP contribution in [0.3, 0.4) is 0 Å². The highest BCUT2D eigenvalue weighted by atomic mass is 32.1. The van der Waals surface area contributed by atoms with Crippen LogP contribution < -0.4 is 24.4 Å². The van der Waals surface area contributed by atoms with Gasteiger partial charge in [0.25, 0.3) is 0 Å². The fourth-order valence-corrected chi connectivity index (χ4v) is 6.99. The van der Waals surface area contributed by atoms with Crippen LogP contribution in [0.4, 0.5) is 5.13 Å². The van der Waals surface area contributed by atoms with Crippen molar-refractivity contribution in [3.8, 4) is 23.0 Å². The van der Waals surface area contributed by atoms with Gasteiger partial charge in [0.1, 0.15) is 48.4 Å². The number of unbranched alkanes of at least 4 members (excludes halogenated alkanes) is 2. The number of carbonyl (C=O) groups is 6. The highest BCUT2D eigenvalue weighted by Crippen LogP contribution is 2.28. The Hall–Kier alpha value is -8.38. The quantitative estimate of drug-likeness (QED) is 0.00899. The Balaban J connectivity index is 1.16. The van der Waals surface area contributed by atoms with E-state index in [1.807, 2.05) is 24.3 Å². The van der Waals surface area contributed by atoms with Crippen molar-refractivity contribution >= 4 is 68.7 Å². The molecule has 4 aromatic carbocycles. The third kappa shape index (κ3) is 18.2. The summed E-state index contributed by atoms with van der Waals surface area (Å²) in [5.41, 5.74) is 4.72. The number of aromatic nitrogens is 1. The van der Waals surface area contributed by atoms with Crippen molar-refractivity contribution in [2.45, 2.75) is 57.7 Å². The number of nitrogens with zero attached hydrogens (tertiary/aromatic N) is 2. The largest absolute Gasteiger partial charge is 0.494 e. The van der Waals surface area contributed by atoms with Crippen molar-refractivity contribution in [1.82, 2.24) is 4.98 Å². The van der Waals surface area contributed by atoms with E-state index in [1.165, 1.54) is 42.7 Å². The van der Waals surface area contributed by atoms with E-state index in [2.05, 4.69) is 41.8 Å². The SMILES string of the molecule is C=CC(=O)OCC(CCCCOc1ccc(C(=O)Oc2ccc(OC(=O)c3ccc(OCCCCC(COC(=O)C=C)OC(=O)C(=C)C)cc3)cc2/C=N/Nc2nc3ccccc3s2)cc1)OC(=O)C=C. The first kappa shape index (κ1) is 53.6. The zero-order chi connectivity index (χ0) is 51.0. The maximum atomic E-state index is 13.4. The molecule has 2 atom stereocenters. The predicted molar refractivity (Wildman–Crippen MR) is 266 cm³/mol. The maximum Gasteiger partial charge on any atom is 0.343 e. The van der Waals surface area contributed by atoms with Crippen LogP contribution in [-0.2, 0) is 38.1 Å². The Morgan fingerprint density at radius 3 is 1.75 bits per heavy atom. The van der Waals surface area contributed by atoms with E-state index >= 15 is 0 Å². The standard InChI is InChI=1S/C53H53N3O14S/c1-6-47(57)65-33-42(67-49(59)8-3)15-11-13-29-63-40-25-21-37(22-26-40)52(62)70-45-28-27-41(31-38(45)32-54-56-53-55-44-17-9-10-18-46(44)71-53)68-51(61)36-19-23-39(24-20-36)64-30-14-12-16-43(34-66-48(58)7-2)69-50(60)35(4)5/h6-10,17-28,31-32,42-43H,1-4,11-16,29-30,33-34H2,5H3,(H,55,56)/b54-32+. The molecule has 0 bridgehead atoms. The number of rotatable bonds is 29. The lowest BCUT2D eigenvalue weighted by Crippen LogP contribution is -2.25. The number of hydrogen-bond donors (Lipinski definition) is 1. The second kappa shape index (κ2) is 28.2. The van der Waals surface area contributed by atoms with Gasteiger partial charge in [-0.15, -0.1) is 0 Å². The molecule has 0 aliphatic rings. The van der Waals surface area contributed by atoms with E-state index in [0.29, 0.717) is 73.9 Å². The lowest BCUT2D eigenvalue weighted by molar-refractivity contribution is -0.153. The summed E-state index contributed by atoms with van der Waals surface area (Å²) < 4.78 is 44.9. The molecule has 0 amide bonds. The van der Waals surface area contributed by atoms with E-state index in [4.69, 9.17) is 37.9 Å². The fraction of sp³-hybridized carbons (Fsp3) is 0.245. The summed E-state index contributed by atoms with van der Waals surface area (Å²) in [5.74, 6) is -2.48. The summed E-state index contributed by atoms with van der Waals surface area (Å²) in [6.45, 7) is 15.7. The van der Waals surface area contributed by atoms with Crippen molar-refractivity contribution in [2.75, 3.05) is 31.9 Å². The van der Waals surface area contributed by atoms with Crippen LogP contribution in [-0.4, -0.2) is 85.6 Å². The Labute approximate surface area is 414 Å². The minimum atomic E-state index is -0.672. The van der Waals surface area contributed by atoms with Crippen LogP contribution in [0, 0.1) is 0 Å². The van der Waals surface area contributed by atoms with Crippen LogP contribution in [0.25, 0.3) is 10.2 Å². The molecule has 1 heterocycles. The van der Waals surface area contributed by atoms with Gasteiger partial charge in [0, 0.05) is 29.4 Å². The van der Waals surface area contributed by atoms with Gasteiger partial charge in [0.2, 0.25) is 5.13 Å². The first-order valence-corrected chi connectivity index (χ1v) is 23.1. The number of benzene rings is 4. The molecular weight excluding hydrogens is 935 g/mol. The number of carbonyl (C=O) groups excluding carboxylic acids is 6. The van der Waals surface area contributed by atoms with Gasteiger partial charge in [-0.25, -0.2) is 33.8 Å². The van der Waals surface area contributed by atoms with Gasteiger partial charge >= 0.3 is 35.8 Å². The van der Waals surface area contributed by atoms with Crippen LogP contribution in [0.5, 0.6) is 23.0 Å². The smallest absolute Gasteiger partial charge is 0.343 e. The predicted octanol–water partition coefficient (Wildman–Crippen LogP) is 9.32. The van der Waals surface area contributed by atoms with Crippen LogP contribution in [0.2, 0.25) is 0 Å². The monoisotopic (exact) mass is 987 g/mol. The average Bonchev–Trinajstić information content (AvgIpc) is 3.80. The highest BCUT2D eigenvalue weighted by molar-refractivity contribution is 7.22. The Bertz CT molecular complexity index is 2680. The fourth-order valence-electron chi connectivity index (χ4n) is 6.17. The molecule has 2 unspecified atom stereocenters. The van der Waals surface area contributed by atoms with Crippen LogP contribution in [0.15, 0.2) is 146 Å². The van der Waals surface area contributed by atoms with Crippen molar-refractivity contribution in [1.29, 1.82) is 0 Å². The zero-order valence-electron chi connectivity index (χ0n) is 39.0. The number of thiazole rings is 1. The first-order valence-electron chi connectivity index (χ1n) is 22.3. The number of fused-ring (bicyclic) bond motifs is 1. The highest BCUT2D eigenvalue weighted by Gasteiger charge is 2.19. The van der Waals surface area contributed by atoms with E-state index in [1.54, 1.807) is 48.5 Å². The molecule has 1 aromatic heterocycles. The summed E-state index contributed by atoms with van der Waals surface area (Å²) in [4.78, 5) is 78.0. The summed E-state index contributed by atoms with van der Waals surface area (Å²) in [7, 11) is 0. The molecule has 0 saturated carbocycles. The Morgan fingerprint density at radius 2 is 1.20 bits per heavy atom. The van der Waals surface area contributed by atoms with E-state index < -0.39 is 48.0 Å². The molecule has 370 valence electrons. The number of esters is 6. The number of anilines is 1.